The summed E-state index contributed by atoms with van der Waals surface area (Å²) in [5, 5.41) is 2.91. The van der Waals surface area contributed by atoms with Gasteiger partial charge in [-0.3, -0.25) is 4.79 Å². The molecule has 0 aliphatic carbocycles. The lowest BCUT2D eigenvalue weighted by atomic mass is 10.1. The Morgan fingerprint density at radius 2 is 1.93 bits per heavy atom. The molecule has 0 spiro atoms. The van der Waals surface area contributed by atoms with E-state index in [4.69, 9.17) is 20.8 Å². The summed E-state index contributed by atoms with van der Waals surface area (Å²) < 4.78 is 37.9. The second kappa shape index (κ2) is 7.36. The average Bonchev–Trinajstić information content (AvgIpc) is 2.96. The van der Waals surface area contributed by atoms with Gasteiger partial charge in [-0.2, -0.15) is 0 Å². The number of fused-ring (bicyclic) bond motifs is 1. The molecule has 0 saturated carbocycles. The number of nitrogens with one attached hydrogen (secondary N) is 1. The minimum atomic E-state index is -1.25. The monoisotopic (exact) mass is 393 g/mol. The summed E-state index contributed by atoms with van der Waals surface area (Å²) in [4.78, 5) is 24.5. The average molecular weight is 394 g/mol. The van der Waals surface area contributed by atoms with Gasteiger partial charge in [-0.05, 0) is 38.1 Å². The van der Waals surface area contributed by atoms with E-state index in [1.165, 1.54) is 31.2 Å². The first-order chi connectivity index (χ1) is 12.8. The summed E-state index contributed by atoms with van der Waals surface area (Å²) in [6.45, 7) is 2.90. The third-order valence-electron chi connectivity index (χ3n) is 3.94. The van der Waals surface area contributed by atoms with Gasteiger partial charge in [0.15, 0.2) is 17.5 Å². The number of amides is 1. The molecule has 3 rings (SSSR count). The standard InChI is InChI=1S/C19H14ClF2NO4/c1-9-12-4-3-5-13(21)17(12)27-16(9)19(25)26-10(2)18(24)23-15-7-6-11(20)8-14(15)22/h3-8,10H,1-2H3,(H,23,24)/t10-/m0/s1. The zero-order valence-corrected chi connectivity index (χ0v) is 15.1. The Kier molecular flexibility index (Phi) is 5.14. The summed E-state index contributed by atoms with van der Waals surface area (Å²) in [6, 6.07) is 8.04. The largest absolute Gasteiger partial charge is 0.447 e. The van der Waals surface area contributed by atoms with E-state index in [9.17, 15) is 18.4 Å². The molecule has 1 amide bonds. The van der Waals surface area contributed by atoms with Gasteiger partial charge < -0.3 is 14.5 Å². The van der Waals surface area contributed by atoms with E-state index in [-0.39, 0.29) is 22.1 Å². The number of para-hydroxylation sites is 1. The molecule has 27 heavy (non-hydrogen) atoms. The molecule has 0 fully saturated rings. The van der Waals surface area contributed by atoms with Crippen LogP contribution < -0.4 is 5.32 Å². The molecular weight excluding hydrogens is 380 g/mol. The van der Waals surface area contributed by atoms with Crippen LogP contribution in [0.3, 0.4) is 0 Å². The van der Waals surface area contributed by atoms with E-state index in [0.29, 0.717) is 10.9 Å². The van der Waals surface area contributed by atoms with Gasteiger partial charge in [-0.1, -0.05) is 23.7 Å². The van der Waals surface area contributed by atoms with Crippen molar-refractivity contribution < 1.29 is 27.5 Å². The Balaban J connectivity index is 1.74. The molecule has 140 valence electrons. The summed E-state index contributed by atoms with van der Waals surface area (Å²) in [7, 11) is 0. The Morgan fingerprint density at radius 3 is 2.59 bits per heavy atom. The predicted octanol–water partition coefficient (Wildman–Crippen LogP) is 4.86. The zero-order chi connectivity index (χ0) is 19.7. The van der Waals surface area contributed by atoms with Gasteiger partial charge >= 0.3 is 5.97 Å². The zero-order valence-electron chi connectivity index (χ0n) is 14.3. The molecule has 0 aliphatic rings. The number of rotatable bonds is 4. The first kappa shape index (κ1) is 18.8. The molecule has 1 N–H and O–H groups in total. The number of carbonyl (C=O) groups excluding carboxylic acids is 2. The Bertz CT molecular complexity index is 1050. The smallest absolute Gasteiger partial charge is 0.375 e. The van der Waals surface area contributed by atoms with Crippen molar-refractivity contribution in [3.63, 3.8) is 0 Å². The quantitative estimate of drug-likeness (QED) is 0.643. The molecule has 0 radical (unpaired) electrons. The third kappa shape index (κ3) is 3.78. The second-order valence-electron chi connectivity index (χ2n) is 5.83. The van der Waals surface area contributed by atoms with E-state index in [0.717, 1.165) is 6.07 Å². The molecule has 1 aromatic heterocycles. The van der Waals surface area contributed by atoms with Crippen molar-refractivity contribution in [2.24, 2.45) is 0 Å². The van der Waals surface area contributed by atoms with Gasteiger partial charge in [-0.15, -0.1) is 0 Å². The molecule has 0 bridgehead atoms. The number of benzene rings is 2. The molecule has 1 heterocycles. The predicted molar refractivity (Wildman–Crippen MR) is 95.8 cm³/mol. The fourth-order valence-electron chi connectivity index (χ4n) is 2.50. The number of halogens is 3. The van der Waals surface area contributed by atoms with Crippen LogP contribution in [0.1, 0.15) is 23.0 Å². The fourth-order valence-corrected chi connectivity index (χ4v) is 2.66. The minimum Gasteiger partial charge on any atom is -0.447 e. The van der Waals surface area contributed by atoms with Crippen molar-refractivity contribution in [2.75, 3.05) is 5.32 Å². The lowest BCUT2D eigenvalue weighted by Crippen LogP contribution is -2.30. The summed E-state index contributed by atoms with van der Waals surface area (Å²) in [5.74, 6) is -3.21. The Hall–Kier alpha value is -2.93. The number of hydrogen-bond donors (Lipinski definition) is 1. The van der Waals surface area contributed by atoms with Gasteiger partial charge in [0, 0.05) is 16.0 Å². The van der Waals surface area contributed by atoms with Gasteiger partial charge in [-0.25, -0.2) is 13.6 Å². The normalized spacial score (nSPS) is 12.0. The minimum absolute atomic E-state index is 0.0673. The number of furan rings is 1. The van der Waals surface area contributed by atoms with E-state index in [2.05, 4.69) is 5.32 Å². The highest BCUT2D eigenvalue weighted by Crippen LogP contribution is 2.28. The van der Waals surface area contributed by atoms with Crippen LogP contribution in [0.15, 0.2) is 40.8 Å². The molecule has 1 atom stereocenters. The fraction of sp³-hybridized carbons (Fsp3) is 0.158. The SMILES string of the molecule is Cc1c(C(=O)O[C@@H](C)C(=O)Nc2ccc(Cl)cc2F)oc2c(F)cccc12. The van der Waals surface area contributed by atoms with Crippen LogP contribution in [0.5, 0.6) is 0 Å². The van der Waals surface area contributed by atoms with Crippen LogP contribution in [0.2, 0.25) is 5.02 Å². The summed E-state index contributed by atoms with van der Waals surface area (Å²) in [5.41, 5.74) is 0.224. The van der Waals surface area contributed by atoms with Crippen molar-refractivity contribution in [3.8, 4) is 0 Å². The van der Waals surface area contributed by atoms with Crippen molar-refractivity contribution in [1.82, 2.24) is 0 Å². The molecule has 0 saturated heterocycles. The lowest BCUT2D eigenvalue weighted by Gasteiger charge is -2.13. The molecule has 3 aromatic rings. The molecular formula is C19H14ClF2NO4. The van der Waals surface area contributed by atoms with Gasteiger partial charge in [0.25, 0.3) is 5.91 Å². The van der Waals surface area contributed by atoms with E-state index in [1.807, 2.05) is 0 Å². The van der Waals surface area contributed by atoms with Crippen LogP contribution in [-0.4, -0.2) is 18.0 Å². The van der Waals surface area contributed by atoms with Crippen molar-refractivity contribution in [1.29, 1.82) is 0 Å². The first-order valence-electron chi connectivity index (χ1n) is 7.92. The number of carbonyl (C=O) groups is 2. The van der Waals surface area contributed by atoms with Crippen molar-refractivity contribution in [2.45, 2.75) is 20.0 Å². The Morgan fingerprint density at radius 1 is 1.19 bits per heavy atom. The highest BCUT2D eigenvalue weighted by atomic mass is 35.5. The summed E-state index contributed by atoms with van der Waals surface area (Å²) in [6.07, 6.45) is -1.25. The molecule has 5 nitrogen and oxygen atoms in total. The first-order valence-corrected chi connectivity index (χ1v) is 8.30. The van der Waals surface area contributed by atoms with Gasteiger partial charge in [0.1, 0.15) is 5.82 Å². The number of esters is 1. The van der Waals surface area contributed by atoms with E-state index < -0.39 is 29.6 Å². The number of anilines is 1. The molecule has 0 unspecified atom stereocenters. The summed E-state index contributed by atoms with van der Waals surface area (Å²) >= 11 is 5.65. The topological polar surface area (TPSA) is 68.5 Å². The van der Waals surface area contributed by atoms with Crippen molar-refractivity contribution in [3.05, 3.63) is 64.4 Å². The van der Waals surface area contributed by atoms with Gasteiger partial charge in [0.05, 0.1) is 5.69 Å². The molecule has 8 heteroatoms. The maximum Gasteiger partial charge on any atom is 0.375 e. The van der Waals surface area contributed by atoms with Crippen LogP contribution in [0.25, 0.3) is 11.0 Å². The van der Waals surface area contributed by atoms with Crippen molar-refractivity contribution >= 4 is 40.1 Å². The highest BCUT2D eigenvalue weighted by molar-refractivity contribution is 6.30. The number of ether oxygens (including phenoxy) is 1. The van der Waals surface area contributed by atoms with Gasteiger partial charge in [0.2, 0.25) is 5.76 Å². The lowest BCUT2D eigenvalue weighted by molar-refractivity contribution is -0.123. The number of aryl methyl sites for hydroxylation is 1. The molecule has 2 aromatic carbocycles. The van der Waals surface area contributed by atoms with Crippen LogP contribution >= 0.6 is 11.6 Å². The second-order valence-corrected chi connectivity index (χ2v) is 6.27. The van der Waals surface area contributed by atoms with E-state index >= 15 is 0 Å². The van der Waals surface area contributed by atoms with Crippen LogP contribution in [0.4, 0.5) is 14.5 Å². The third-order valence-corrected chi connectivity index (χ3v) is 4.18. The highest BCUT2D eigenvalue weighted by Gasteiger charge is 2.25. The molecule has 0 aliphatic heterocycles. The van der Waals surface area contributed by atoms with E-state index in [1.54, 1.807) is 13.0 Å². The maximum absolute atomic E-state index is 13.8. The Labute approximate surface area is 157 Å². The maximum atomic E-state index is 13.8. The van der Waals surface area contributed by atoms with Crippen LogP contribution in [0, 0.1) is 18.6 Å². The van der Waals surface area contributed by atoms with Crippen LogP contribution in [-0.2, 0) is 9.53 Å². The number of hydrogen-bond acceptors (Lipinski definition) is 4.